The summed E-state index contributed by atoms with van der Waals surface area (Å²) < 4.78 is 0. The van der Waals surface area contributed by atoms with Crippen LogP contribution >= 0.6 is 0 Å². The molecule has 7 N–H and O–H groups in total. The van der Waals surface area contributed by atoms with E-state index in [0.717, 1.165) is 31.1 Å². The second-order valence-corrected chi connectivity index (χ2v) is 6.35. The van der Waals surface area contributed by atoms with Crippen molar-refractivity contribution in [2.45, 2.75) is 71.1 Å². The van der Waals surface area contributed by atoms with Gasteiger partial charge in [0.2, 0.25) is 23.6 Å². The van der Waals surface area contributed by atoms with Crippen LogP contribution in [0.3, 0.4) is 0 Å². The molecule has 0 radical (unpaired) electrons. The molecular formula is C20H36N4O4. The van der Waals surface area contributed by atoms with Crippen LogP contribution in [0.4, 0.5) is 0 Å². The van der Waals surface area contributed by atoms with Crippen LogP contribution in [-0.4, -0.2) is 30.2 Å². The smallest absolute Gasteiger partial charge is 0.244 e. The highest BCUT2D eigenvalue weighted by Gasteiger charge is 1.96. The molecule has 0 aliphatic rings. The number of nitrogens with one attached hydrogen (secondary N) is 1. The van der Waals surface area contributed by atoms with Crippen molar-refractivity contribution in [3.05, 3.63) is 24.3 Å². The van der Waals surface area contributed by atoms with Crippen LogP contribution in [0.15, 0.2) is 24.3 Å². The predicted molar refractivity (Wildman–Crippen MR) is 111 cm³/mol. The first-order valence-corrected chi connectivity index (χ1v) is 9.81. The fourth-order valence-electron chi connectivity index (χ4n) is 2.21. The van der Waals surface area contributed by atoms with E-state index in [1.807, 2.05) is 0 Å². The monoisotopic (exact) mass is 396 g/mol. The van der Waals surface area contributed by atoms with E-state index in [0.29, 0.717) is 6.54 Å². The summed E-state index contributed by atoms with van der Waals surface area (Å²) in [4.78, 5) is 41.3. The van der Waals surface area contributed by atoms with Gasteiger partial charge in [-0.2, -0.15) is 0 Å². The molecule has 8 nitrogen and oxygen atoms in total. The topological polar surface area (TPSA) is 158 Å². The van der Waals surface area contributed by atoms with Crippen molar-refractivity contribution in [2.75, 3.05) is 6.54 Å². The molecule has 0 spiro atoms. The Bertz CT molecular complexity index is 500. The Morgan fingerprint density at radius 1 is 0.607 bits per heavy atom. The normalized spacial score (nSPS) is 10.5. The number of amides is 4. The molecule has 0 atom stereocenters. The third-order valence-corrected chi connectivity index (χ3v) is 3.64. The van der Waals surface area contributed by atoms with Crippen LogP contribution in [0.5, 0.6) is 0 Å². The molecule has 0 unspecified atom stereocenters. The van der Waals surface area contributed by atoms with Gasteiger partial charge in [-0.05, 0) is 6.42 Å². The van der Waals surface area contributed by atoms with Gasteiger partial charge < -0.3 is 22.5 Å². The number of carbonyl (C=O) groups excluding carboxylic acids is 4. The van der Waals surface area contributed by atoms with Gasteiger partial charge in [0, 0.05) is 30.8 Å². The molecule has 0 aromatic heterocycles. The maximum absolute atomic E-state index is 11.2. The second-order valence-electron chi connectivity index (χ2n) is 6.35. The Hall–Kier alpha value is -2.64. The van der Waals surface area contributed by atoms with Crippen molar-refractivity contribution in [1.29, 1.82) is 0 Å². The van der Waals surface area contributed by atoms with Crippen LogP contribution in [-0.2, 0) is 19.2 Å². The first-order chi connectivity index (χ1) is 13.3. The van der Waals surface area contributed by atoms with Gasteiger partial charge in [-0.1, -0.05) is 64.7 Å². The summed E-state index contributed by atoms with van der Waals surface area (Å²) in [6, 6.07) is 0. The number of hydrogen-bond acceptors (Lipinski definition) is 4. The lowest BCUT2D eigenvalue weighted by Gasteiger charge is -2.03. The summed E-state index contributed by atoms with van der Waals surface area (Å²) >= 11 is 0. The fraction of sp³-hybridized carbons (Fsp3) is 0.600. The van der Waals surface area contributed by atoms with Crippen LogP contribution in [0.25, 0.3) is 0 Å². The number of hydrogen-bond donors (Lipinski definition) is 4. The van der Waals surface area contributed by atoms with Gasteiger partial charge in [0.15, 0.2) is 0 Å². The average molecular weight is 397 g/mol. The van der Waals surface area contributed by atoms with Crippen LogP contribution < -0.4 is 22.5 Å². The lowest BCUT2D eigenvalue weighted by molar-refractivity contribution is -0.117. The van der Waals surface area contributed by atoms with Gasteiger partial charge >= 0.3 is 0 Å². The van der Waals surface area contributed by atoms with Gasteiger partial charge in [-0.25, -0.2) is 0 Å². The van der Waals surface area contributed by atoms with Crippen molar-refractivity contribution in [3.63, 3.8) is 0 Å². The highest BCUT2D eigenvalue weighted by molar-refractivity contribution is 5.96. The summed E-state index contributed by atoms with van der Waals surface area (Å²) in [7, 11) is 0. The van der Waals surface area contributed by atoms with E-state index < -0.39 is 17.7 Å². The van der Waals surface area contributed by atoms with Gasteiger partial charge in [0.05, 0.1) is 0 Å². The molecule has 0 aromatic carbocycles. The maximum atomic E-state index is 11.2. The third kappa shape index (κ3) is 28.2. The number of nitrogens with two attached hydrogens (primary N) is 3. The van der Waals surface area contributed by atoms with E-state index in [1.54, 1.807) is 0 Å². The lowest BCUT2D eigenvalue weighted by atomic mass is 10.1. The number of carbonyl (C=O) groups is 4. The van der Waals surface area contributed by atoms with Gasteiger partial charge in [0.1, 0.15) is 0 Å². The molecule has 0 bridgehead atoms. The molecule has 0 aliphatic heterocycles. The van der Waals surface area contributed by atoms with E-state index in [1.165, 1.54) is 57.4 Å². The molecule has 0 heterocycles. The fourth-order valence-corrected chi connectivity index (χ4v) is 2.21. The quantitative estimate of drug-likeness (QED) is 0.244. The number of primary amides is 3. The van der Waals surface area contributed by atoms with Gasteiger partial charge in [0.25, 0.3) is 0 Å². The third-order valence-electron chi connectivity index (χ3n) is 3.64. The Morgan fingerprint density at radius 3 is 1.36 bits per heavy atom. The number of rotatable bonds is 15. The van der Waals surface area contributed by atoms with Crippen molar-refractivity contribution < 1.29 is 19.2 Å². The maximum Gasteiger partial charge on any atom is 0.244 e. The average Bonchev–Trinajstić information content (AvgIpc) is 2.63. The molecule has 160 valence electrons. The van der Waals surface area contributed by atoms with E-state index in [-0.39, 0.29) is 5.91 Å². The van der Waals surface area contributed by atoms with Crippen molar-refractivity contribution in [1.82, 2.24) is 5.32 Å². The molecule has 4 amide bonds. The largest absolute Gasteiger partial charge is 0.366 e. The Labute approximate surface area is 168 Å². The zero-order valence-electron chi connectivity index (χ0n) is 17.0. The molecular weight excluding hydrogens is 360 g/mol. The minimum atomic E-state index is -0.677. The van der Waals surface area contributed by atoms with Crippen molar-refractivity contribution in [2.24, 2.45) is 17.2 Å². The van der Waals surface area contributed by atoms with E-state index >= 15 is 0 Å². The summed E-state index contributed by atoms with van der Waals surface area (Å²) in [5.41, 5.74) is 14.1. The van der Waals surface area contributed by atoms with Crippen LogP contribution in [0.2, 0.25) is 0 Å². The minimum absolute atomic E-state index is 0.250. The standard InChI is InChI=1S/C16H30N2O2.C4H6N2O2/c1-2-3-4-5-6-7-8-9-10-11-14-18-16(20)13-12-15(17)19;5-3(7)1-2-4(6)8/h12-13H,2-11,14H2,1H3,(H2,17,19)(H,18,20);1-2H,(H2,5,7)(H2,6,8). The van der Waals surface area contributed by atoms with E-state index in [9.17, 15) is 19.2 Å². The molecule has 8 heteroatoms. The van der Waals surface area contributed by atoms with Crippen molar-refractivity contribution >= 4 is 23.6 Å². The Kier molecular flexibility index (Phi) is 20.4. The molecule has 28 heavy (non-hydrogen) atoms. The highest BCUT2D eigenvalue weighted by atomic mass is 16.2. The molecule has 0 aliphatic carbocycles. The Balaban J connectivity index is 0. The molecule has 0 saturated heterocycles. The minimum Gasteiger partial charge on any atom is -0.366 e. The zero-order valence-corrected chi connectivity index (χ0v) is 17.0. The molecule has 0 fully saturated rings. The van der Waals surface area contributed by atoms with Crippen molar-refractivity contribution in [3.8, 4) is 0 Å². The molecule has 0 rings (SSSR count). The second kappa shape index (κ2) is 20.7. The zero-order chi connectivity index (χ0) is 21.6. The van der Waals surface area contributed by atoms with Crippen LogP contribution in [0, 0.1) is 0 Å². The number of unbranched alkanes of at least 4 members (excludes halogenated alkanes) is 9. The summed E-state index contributed by atoms with van der Waals surface area (Å²) in [5, 5.41) is 2.73. The van der Waals surface area contributed by atoms with E-state index in [4.69, 9.17) is 5.73 Å². The van der Waals surface area contributed by atoms with E-state index in [2.05, 4.69) is 23.7 Å². The first kappa shape index (κ1) is 27.6. The predicted octanol–water partition coefficient (Wildman–Crippen LogP) is 1.58. The lowest BCUT2D eigenvalue weighted by Crippen LogP contribution is -2.22. The summed E-state index contributed by atoms with van der Waals surface area (Å²) in [5.74, 6) is -2.20. The van der Waals surface area contributed by atoms with Gasteiger partial charge in [-0.3, -0.25) is 19.2 Å². The molecule has 0 aromatic rings. The van der Waals surface area contributed by atoms with Crippen LogP contribution in [0.1, 0.15) is 71.1 Å². The Morgan fingerprint density at radius 2 is 0.964 bits per heavy atom. The summed E-state index contributed by atoms with van der Waals surface area (Å²) in [6.45, 7) is 2.90. The first-order valence-electron chi connectivity index (χ1n) is 9.81. The molecule has 0 saturated carbocycles. The highest BCUT2D eigenvalue weighted by Crippen LogP contribution is 2.10. The van der Waals surface area contributed by atoms with Gasteiger partial charge in [-0.15, -0.1) is 0 Å². The summed E-state index contributed by atoms with van der Waals surface area (Å²) in [6.07, 6.45) is 16.8. The SMILES string of the molecule is CCCCCCCCCCCCNC(=O)C=CC(N)=O.NC(=O)C=CC(N)=O.